The fourth-order valence-corrected chi connectivity index (χ4v) is 2.70. The predicted octanol–water partition coefficient (Wildman–Crippen LogP) is 4.63. The van der Waals surface area contributed by atoms with Crippen molar-refractivity contribution in [3.05, 3.63) is 77.5 Å². The van der Waals surface area contributed by atoms with Crippen LogP contribution in [0.25, 0.3) is 0 Å². The maximum absolute atomic E-state index is 12.2. The molecule has 0 saturated heterocycles. The van der Waals surface area contributed by atoms with Crippen molar-refractivity contribution in [2.75, 3.05) is 17.7 Å². The second-order valence-corrected chi connectivity index (χ2v) is 6.47. The van der Waals surface area contributed by atoms with Crippen molar-refractivity contribution in [3.8, 4) is 5.75 Å². The van der Waals surface area contributed by atoms with Gasteiger partial charge in [0.15, 0.2) is 0 Å². The summed E-state index contributed by atoms with van der Waals surface area (Å²) < 4.78 is 5.37. The van der Waals surface area contributed by atoms with E-state index in [1.807, 2.05) is 62.4 Å². The van der Waals surface area contributed by atoms with Gasteiger partial charge in [0.05, 0.1) is 31.1 Å². The molecule has 0 fully saturated rings. The monoisotopic (exact) mass is 361 g/mol. The molecular formula is C22H23N3O2. The molecule has 3 rings (SSSR count). The Bertz CT molecular complexity index is 919. The Balaban J connectivity index is 1.62. The summed E-state index contributed by atoms with van der Waals surface area (Å²) in [6.07, 6.45) is 2.01. The van der Waals surface area contributed by atoms with Crippen LogP contribution in [0.2, 0.25) is 0 Å². The highest BCUT2D eigenvalue weighted by Crippen LogP contribution is 2.28. The summed E-state index contributed by atoms with van der Waals surface area (Å²) in [7, 11) is 1.64. The quantitative estimate of drug-likeness (QED) is 0.672. The molecule has 0 spiro atoms. The number of benzene rings is 2. The van der Waals surface area contributed by atoms with Gasteiger partial charge in [-0.2, -0.15) is 0 Å². The van der Waals surface area contributed by atoms with Crippen LogP contribution in [0.15, 0.2) is 60.8 Å². The lowest BCUT2D eigenvalue weighted by molar-refractivity contribution is -0.115. The van der Waals surface area contributed by atoms with Gasteiger partial charge in [-0.05, 0) is 49.2 Å². The fraction of sp³-hybridized carbons (Fsp3) is 0.182. The van der Waals surface area contributed by atoms with E-state index in [-0.39, 0.29) is 5.91 Å². The first kappa shape index (κ1) is 18.5. The second kappa shape index (κ2) is 8.36. The topological polar surface area (TPSA) is 63.2 Å². The molecule has 1 heterocycles. The summed E-state index contributed by atoms with van der Waals surface area (Å²) in [5, 5.41) is 6.11. The second-order valence-electron chi connectivity index (χ2n) is 6.47. The molecule has 0 saturated carbocycles. The van der Waals surface area contributed by atoms with Crippen LogP contribution < -0.4 is 15.4 Å². The van der Waals surface area contributed by atoms with E-state index < -0.39 is 0 Å². The molecule has 2 aromatic carbocycles. The van der Waals surface area contributed by atoms with E-state index in [0.717, 1.165) is 28.3 Å². The Morgan fingerprint density at radius 2 is 1.74 bits per heavy atom. The Labute approximate surface area is 159 Å². The first-order valence-corrected chi connectivity index (χ1v) is 8.76. The minimum Gasteiger partial charge on any atom is -0.495 e. The molecule has 27 heavy (non-hydrogen) atoms. The van der Waals surface area contributed by atoms with Crippen molar-refractivity contribution in [1.82, 2.24) is 4.98 Å². The summed E-state index contributed by atoms with van der Waals surface area (Å²) in [4.78, 5) is 16.5. The predicted molar refractivity (Wildman–Crippen MR) is 109 cm³/mol. The minimum atomic E-state index is -0.0904. The van der Waals surface area contributed by atoms with Crippen molar-refractivity contribution in [2.45, 2.75) is 20.3 Å². The maximum atomic E-state index is 12.2. The van der Waals surface area contributed by atoms with E-state index in [2.05, 4.69) is 15.6 Å². The zero-order chi connectivity index (χ0) is 19.2. The summed E-state index contributed by atoms with van der Waals surface area (Å²) in [6, 6.07) is 17.5. The van der Waals surface area contributed by atoms with E-state index in [9.17, 15) is 4.79 Å². The number of methoxy groups -OCH3 is 1. The highest BCUT2D eigenvalue weighted by Gasteiger charge is 2.07. The number of ether oxygens (including phenoxy) is 1. The number of hydrogen-bond acceptors (Lipinski definition) is 4. The van der Waals surface area contributed by atoms with Gasteiger partial charge >= 0.3 is 0 Å². The zero-order valence-corrected chi connectivity index (χ0v) is 15.7. The number of anilines is 3. The molecule has 1 aromatic heterocycles. The number of aromatic nitrogens is 1. The van der Waals surface area contributed by atoms with Crippen LogP contribution in [0, 0.1) is 13.8 Å². The van der Waals surface area contributed by atoms with Gasteiger partial charge in [0.2, 0.25) is 5.91 Å². The van der Waals surface area contributed by atoms with Gasteiger partial charge in [0.1, 0.15) is 11.6 Å². The summed E-state index contributed by atoms with van der Waals surface area (Å²) in [6.45, 7) is 4.05. The van der Waals surface area contributed by atoms with Gasteiger partial charge in [-0.25, -0.2) is 4.98 Å². The van der Waals surface area contributed by atoms with Crippen molar-refractivity contribution in [1.29, 1.82) is 0 Å². The summed E-state index contributed by atoms with van der Waals surface area (Å²) in [5.41, 5.74) is 4.97. The van der Waals surface area contributed by atoms with Gasteiger partial charge in [-0.3, -0.25) is 4.79 Å². The smallest absolute Gasteiger partial charge is 0.229 e. The van der Waals surface area contributed by atoms with E-state index in [4.69, 9.17) is 4.74 Å². The van der Waals surface area contributed by atoms with Crippen molar-refractivity contribution in [2.24, 2.45) is 0 Å². The number of carbonyl (C=O) groups excluding carboxylic acids is 1. The Morgan fingerprint density at radius 3 is 2.41 bits per heavy atom. The van der Waals surface area contributed by atoms with Crippen molar-refractivity contribution in [3.63, 3.8) is 0 Å². The molecule has 5 heteroatoms. The fourth-order valence-electron chi connectivity index (χ4n) is 2.70. The third-order valence-corrected chi connectivity index (χ3v) is 4.15. The van der Waals surface area contributed by atoms with Crippen LogP contribution >= 0.6 is 0 Å². The Kier molecular flexibility index (Phi) is 5.71. The molecular weight excluding hydrogens is 338 g/mol. The molecule has 0 aliphatic rings. The first-order chi connectivity index (χ1) is 13.0. The molecule has 2 N–H and O–H groups in total. The number of pyridine rings is 1. The third-order valence-electron chi connectivity index (χ3n) is 4.15. The van der Waals surface area contributed by atoms with Crippen LogP contribution in [0.1, 0.15) is 16.7 Å². The molecule has 0 bridgehead atoms. The van der Waals surface area contributed by atoms with E-state index in [1.165, 1.54) is 5.56 Å². The number of hydrogen-bond donors (Lipinski definition) is 2. The number of amides is 1. The molecule has 3 aromatic rings. The van der Waals surface area contributed by atoms with Crippen LogP contribution in [0.4, 0.5) is 17.2 Å². The van der Waals surface area contributed by atoms with Gasteiger partial charge in [0.25, 0.3) is 0 Å². The van der Waals surface area contributed by atoms with Crippen LogP contribution in [0.5, 0.6) is 5.75 Å². The lowest BCUT2D eigenvalue weighted by Gasteiger charge is -2.12. The molecule has 1 amide bonds. The number of rotatable bonds is 6. The van der Waals surface area contributed by atoms with Crippen LogP contribution in [-0.2, 0) is 11.2 Å². The summed E-state index contributed by atoms with van der Waals surface area (Å²) >= 11 is 0. The van der Waals surface area contributed by atoms with Gasteiger partial charge in [-0.1, -0.05) is 35.9 Å². The average Bonchev–Trinajstić information content (AvgIpc) is 2.65. The lowest BCUT2D eigenvalue weighted by atomic mass is 10.1. The molecule has 0 atom stereocenters. The van der Waals surface area contributed by atoms with Gasteiger partial charge in [0, 0.05) is 0 Å². The van der Waals surface area contributed by atoms with Crippen molar-refractivity contribution >= 4 is 23.1 Å². The van der Waals surface area contributed by atoms with Crippen molar-refractivity contribution < 1.29 is 9.53 Å². The largest absolute Gasteiger partial charge is 0.495 e. The van der Waals surface area contributed by atoms with E-state index in [1.54, 1.807) is 19.4 Å². The maximum Gasteiger partial charge on any atom is 0.229 e. The van der Waals surface area contributed by atoms with Crippen LogP contribution in [0.3, 0.4) is 0 Å². The van der Waals surface area contributed by atoms with Gasteiger partial charge < -0.3 is 15.4 Å². The average molecular weight is 361 g/mol. The molecule has 138 valence electrons. The van der Waals surface area contributed by atoms with Crippen LogP contribution in [-0.4, -0.2) is 18.0 Å². The highest BCUT2D eigenvalue weighted by molar-refractivity contribution is 5.91. The van der Waals surface area contributed by atoms with Gasteiger partial charge in [-0.15, -0.1) is 0 Å². The normalized spacial score (nSPS) is 10.3. The SMILES string of the molecule is COc1ccc(C)cc1Nc1ccc(NC(=O)Cc2ccc(C)cc2)nc1. The minimum absolute atomic E-state index is 0.0904. The first-order valence-electron chi connectivity index (χ1n) is 8.76. The lowest BCUT2D eigenvalue weighted by Crippen LogP contribution is -2.15. The van der Waals surface area contributed by atoms with E-state index in [0.29, 0.717) is 12.2 Å². The highest BCUT2D eigenvalue weighted by atomic mass is 16.5. The Morgan fingerprint density at radius 1 is 1.00 bits per heavy atom. The molecule has 0 unspecified atom stereocenters. The number of aryl methyl sites for hydroxylation is 2. The number of carbonyl (C=O) groups is 1. The summed E-state index contributed by atoms with van der Waals surface area (Å²) in [5.74, 6) is 1.19. The molecule has 0 aliphatic heterocycles. The third kappa shape index (κ3) is 5.07. The number of nitrogens with zero attached hydrogens (tertiary/aromatic N) is 1. The molecule has 0 aliphatic carbocycles. The van der Waals surface area contributed by atoms with E-state index >= 15 is 0 Å². The molecule has 0 radical (unpaired) electrons. The molecule has 5 nitrogen and oxygen atoms in total. The number of nitrogens with one attached hydrogen (secondary N) is 2. The Hall–Kier alpha value is -3.34. The zero-order valence-electron chi connectivity index (χ0n) is 15.7. The standard InChI is InChI=1S/C22H23N3O2/c1-15-4-7-17(8-5-15)13-22(26)25-21-11-9-18(14-23-21)24-19-12-16(2)6-10-20(19)27-3/h4-12,14,24H,13H2,1-3H3,(H,23,25,26).